The molecular formula is C14H18F2N4. The van der Waals surface area contributed by atoms with E-state index in [0.29, 0.717) is 17.9 Å². The normalized spacial score (nSPS) is 12.9. The molecule has 1 heterocycles. The molecule has 0 aliphatic rings. The quantitative estimate of drug-likeness (QED) is 0.915. The smallest absolute Gasteiger partial charge is 0.138 e. The van der Waals surface area contributed by atoms with Crippen LogP contribution in [0.1, 0.15) is 31.3 Å². The van der Waals surface area contributed by atoms with Crippen molar-refractivity contribution in [3.63, 3.8) is 0 Å². The lowest BCUT2D eigenvalue weighted by Gasteiger charge is -2.14. The summed E-state index contributed by atoms with van der Waals surface area (Å²) in [7, 11) is 0. The van der Waals surface area contributed by atoms with Crippen molar-refractivity contribution >= 4 is 0 Å². The Kier molecular flexibility index (Phi) is 4.44. The molecule has 0 amide bonds. The van der Waals surface area contributed by atoms with Crippen LogP contribution < -0.4 is 5.73 Å². The van der Waals surface area contributed by atoms with Crippen molar-refractivity contribution in [1.82, 2.24) is 14.8 Å². The van der Waals surface area contributed by atoms with Crippen LogP contribution in [0.4, 0.5) is 8.78 Å². The summed E-state index contributed by atoms with van der Waals surface area (Å²) in [6, 6.07) is 2.81. The van der Waals surface area contributed by atoms with Crippen molar-refractivity contribution in [1.29, 1.82) is 0 Å². The zero-order valence-electron chi connectivity index (χ0n) is 11.6. The molecule has 1 aromatic heterocycles. The molecule has 0 aliphatic heterocycles. The molecule has 0 saturated carbocycles. The lowest BCUT2D eigenvalue weighted by Crippen LogP contribution is -2.18. The maximum atomic E-state index is 13.2. The van der Waals surface area contributed by atoms with Crippen molar-refractivity contribution < 1.29 is 8.78 Å². The Morgan fingerprint density at radius 1 is 1.20 bits per heavy atom. The first-order valence-electron chi connectivity index (χ1n) is 6.54. The van der Waals surface area contributed by atoms with Crippen molar-refractivity contribution in [3.8, 4) is 0 Å². The monoisotopic (exact) mass is 280 g/mol. The fourth-order valence-electron chi connectivity index (χ4n) is 2.05. The van der Waals surface area contributed by atoms with Gasteiger partial charge in [0.05, 0.1) is 0 Å². The van der Waals surface area contributed by atoms with Crippen LogP contribution in [-0.2, 0) is 13.0 Å². The van der Waals surface area contributed by atoms with E-state index in [-0.39, 0.29) is 0 Å². The zero-order valence-corrected chi connectivity index (χ0v) is 11.6. The Labute approximate surface area is 116 Å². The van der Waals surface area contributed by atoms with E-state index >= 15 is 0 Å². The molecule has 0 aliphatic carbocycles. The Morgan fingerprint density at radius 2 is 1.85 bits per heavy atom. The topological polar surface area (TPSA) is 56.7 Å². The van der Waals surface area contributed by atoms with E-state index in [0.717, 1.165) is 18.4 Å². The third-order valence-electron chi connectivity index (χ3n) is 2.95. The van der Waals surface area contributed by atoms with E-state index < -0.39 is 17.7 Å². The van der Waals surface area contributed by atoms with Gasteiger partial charge in [-0.25, -0.2) is 18.4 Å². The fraction of sp³-hybridized carbons (Fsp3) is 0.429. The highest BCUT2D eigenvalue weighted by Gasteiger charge is 2.14. The van der Waals surface area contributed by atoms with Crippen LogP contribution in [-0.4, -0.2) is 14.8 Å². The molecule has 4 nitrogen and oxygen atoms in total. The first kappa shape index (κ1) is 14.6. The Bertz CT molecular complexity index is 560. The number of halogens is 2. The molecule has 1 aromatic carbocycles. The van der Waals surface area contributed by atoms with Crippen LogP contribution in [0.25, 0.3) is 0 Å². The summed E-state index contributed by atoms with van der Waals surface area (Å²) in [5.41, 5.74) is 6.43. The number of aromatic nitrogens is 3. The molecule has 2 N–H and O–H groups in total. The molecule has 2 rings (SSSR count). The number of nitrogens with zero attached hydrogens (tertiary/aromatic N) is 3. The average Bonchev–Trinajstić information content (AvgIpc) is 2.74. The van der Waals surface area contributed by atoms with Crippen LogP contribution in [0.3, 0.4) is 0 Å². The Hall–Kier alpha value is -1.82. The summed E-state index contributed by atoms with van der Waals surface area (Å²) in [5, 5.41) is 4.14. The van der Waals surface area contributed by atoms with Crippen molar-refractivity contribution in [2.75, 3.05) is 0 Å². The van der Waals surface area contributed by atoms with E-state index in [4.69, 9.17) is 5.73 Å². The van der Waals surface area contributed by atoms with Crippen LogP contribution in [0.15, 0.2) is 24.5 Å². The fourth-order valence-corrected chi connectivity index (χ4v) is 2.05. The van der Waals surface area contributed by atoms with Gasteiger partial charge in [-0.2, -0.15) is 5.10 Å². The molecular weight excluding hydrogens is 262 g/mol. The Morgan fingerprint density at radius 3 is 2.45 bits per heavy atom. The SMILES string of the molecule is CC(C)Cn1ncnc1CC(N)c1cc(F)cc(F)c1. The number of hydrogen-bond acceptors (Lipinski definition) is 3. The van der Waals surface area contributed by atoms with Gasteiger partial charge in [0, 0.05) is 25.1 Å². The van der Waals surface area contributed by atoms with Gasteiger partial charge in [0.2, 0.25) is 0 Å². The highest BCUT2D eigenvalue weighted by Crippen LogP contribution is 2.18. The zero-order chi connectivity index (χ0) is 14.7. The molecule has 0 fully saturated rings. The van der Waals surface area contributed by atoms with Gasteiger partial charge in [-0.3, -0.25) is 0 Å². The minimum Gasteiger partial charge on any atom is -0.324 e. The number of nitrogens with two attached hydrogens (primary N) is 1. The lowest BCUT2D eigenvalue weighted by atomic mass is 10.0. The molecule has 0 radical (unpaired) electrons. The third-order valence-corrected chi connectivity index (χ3v) is 2.95. The second kappa shape index (κ2) is 6.09. The van der Waals surface area contributed by atoms with E-state index in [1.807, 2.05) is 0 Å². The van der Waals surface area contributed by atoms with Crippen LogP contribution >= 0.6 is 0 Å². The van der Waals surface area contributed by atoms with Crippen LogP contribution in [0.2, 0.25) is 0 Å². The number of rotatable bonds is 5. The van der Waals surface area contributed by atoms with Crippen molar-refractivity contribution in [3.05, 3.63) is 47.5 Å². The molecule has 2 aromatic rings. The van der Waals surface area contributed by atoms with E-state index in [2.05, 4.69) is 23.9 Å². The van der Waals surface area contributed by atoms with E-state index in [1.165, 1.54) is 18.5 Å². The van der Waals surface area contributed by atoms with E-state index in [1.54, 1.807) is 4.68 Å². The van der Waals surface area contributed by atoms with Gasteiger partial charge in [0.1, 0.15) is 23.8 Å². The lowest BCUT2D eigenvalue weighted by molar-refractivity contribution is 0.459. The minimum absolute atomic E-state index is 0.385. The Balaban J connectivity index is 2.15. The van der Waals surface area contributed by atoms with Crippen molar-refractivity contribution in [2.24, 2.45) is 11.7 Å². The second-order valence-electron chi connectivity index (χ2n) is 5.27. The summed E-state index contributed by atoms with van der Waals surface area (Å²) in [6.07, 6.45) is 1.85. The molecule has 108 valence electrons. The molecule has 0 saturated heterocycles. The maximum Gasteiger partial charge on any atom is 0.138 e. The predicted octanol–water partition coefficient (Wildman–Crippen LogP) is 2.45. The second-order valence-corrected chi connectivity index (χ2v) is 5.27. The highest BCUT2D eigenvalue weighted by molar-refractivity contribution is 5.22. The molecule has 6 heteroatoms. The van der Waals surface area contributed by atoms with E-state index in [9.17, 15) is 8.78 Å². The molecule has 0 bridgehead atoms. The van der Waals surface area contributed by atoms with Gasteiger partial charge >= 0.3 is 0 Å². The average molecular weight is 280 g/mol. The largest absolute Gasteiger partial charge is 0.324 e. The van der Waals surface area contributed by atoms with Crippen LogP contribution in [0.5, 0.6) is 0 Å². The minimum atomic E-state index is -0.626. The summed E-state index contributed by atoms with van der Waals surface area (Å²) in [6.45, 7) is 4.89. The summed E-state index contributed by atoms with van der Waals surface area (Å²) in [5.74, 6) is -0.104. The van der Waals surface area contributed by atoms with Crippen molar-refractivity contribution in [2.45, 2.75) is 32.9 Å². The highest BCUT2D eigenvalue weighted by atomic mass is 19.1. The maximum absolute atomic E-state index is 13.2. The van der Waals surface area contributed by atoms with Gasteiger partial charge in [-0.15, -0.1) is 0 Å². The third kappa shape index (κ3) is 3.60. The summed E-state index contributed by atoms with van der Waals surface area (Å²) >= 11 is 0. The van der Waals surface area contributed by atoms with Gasteiger partial charge < -0.3 is 5.73 Å². The van der Waals surface area contributed by atoms with Gasteiger partial charge in [-0.1, -0.05) is 13.8 Å². The molecule has 1 unspecified atom stereocenters. The first-order valence-corrected chi connectivity index (χ1v) is 6.54. The number of hydrogen-bond donors (Lipinski definition) is 1. The van der Waals surface area contributed by atoms with Gasteiger partial charge in [0.25, 0.3) is 0 Å². The standard InChI is InChI=1S/C14H18F2N4/c1-9(2)7-20-14(18-8-19-20)6-13(17)10-3-11(15)5-12(16)4-10/h3-5,8-9,13H,6-7,17H2,1-2H3. The predicted molar refractivity (Wildman–Crippen MR) is 71.9 cm³/mol. The molecule has 1 atom stereocenters. The van der Waals surface area contributed by atoms with Gasteiger partial charge in [0.15, 0.2) is 0 Å². The van der Waals surface area contributed by atoms with Crippen LogP contribution in [0, 0.1) is 17.6 Å². The first-order chi connectivity index (χ1) is 9.45. The summed E-state index contributed by atoms with van der Waals surface area (Å²) < 4.78 is 28.2. The molecule has 20 heavy (non-hydrogen) atoms. The molecule has 0 spiro atoms. The summed E-state index contributed by atoms with van der Waals surface area (Å²) in [4.78, 5) is 4.16. The van der Waals surface area contributed by atoms with Gasteiger partial charge in [-0.05, 0) is 23.6 Å². The number of benzene rings is 1.